The van der Waals surface area contributed by atoms with E-state index in [-0.39, 0.29) is 24.9 Å². The number of halogens is 3. The van der Waals surface area contributed by atoms with Gasteiger partial charge in [-0.1, -0.05) is 24.3 Å². The van der Waals surface area contributed by atoms with Gasteiger partial charge >= 0.3 is 12.1 Å². The molecule has 0 aromatic heterocycles. The minimum atomic E-state index is -4.42. The molecular formula is C17H18F3NO3. The zero-order valence-electron chi connectivity index (χ0n) is 13.0. The monoisotopic (exact) mass is 341 g/mol. The van der Waals surface area contributed by atoms with Gasteiger partial charge in [-0.25, -0.2) is 0 Å². The SMILES string of the molecule is O=C(O)CC1(CC(=O)N2Cc3ccccc3C(C(F)(F)F)C2)CC1. The molecule has 1 aliphatic carbocycles. The first-order valence-electron chi connectivity index (χ1n) is 7.84. The number of aliphatic carboxylic acids is 1. The number of carboxylic acid groups (broad SMARTS) is 1. The van der Waals surface area contributed by atoms with E-state index in [1.807, 2.05) is 0 Å². The standard InChI is InChI=1S/C17H18F3NO3/c18-17(19,20)13-10-21(9-11-3-1-2-4-12(11)13)14(22)7-16(5-6-16)8-15(23)24/h1-4,13H,5-10H2,(H,23,24). The Kier molecular flexibility index (Phi) is 4.05. The summed E-state index contributed by atoms with van der Waals surface area (Å²) in [5.74, 6) is -3.06. The molecule has 4 nitrogen and oxygen atoms in total. The molecule has 1 aromatic carbocycles. The molecule has 0 radical (unpaired) electrons. The third-order valence-corrected chi connectivity index (χ3v) is 4.95. The molecule has 1 saturated carbocycles. The van der Waals surface area contributed by atoms with Crippen molar-refractivity contribution in [1.29, 1.82) is 0 Å². The lowest BCUT2D eigenvalue weighted by atomic mass is 9.88. The largest absolute Gasteiger partial charge is 0.481 e. The van der Waals surface area contributed by atoms with E-state index in [1.54, 1.807) is 18.2 Å². The first-order chi connectivity index (χ1) is 11.2. The van der Waals surface area contributed by atoms with Crippen molar-refractivity contribution in [3.8, 4) is 0 Å². The molecular weight excluding hydrogens is 323 g/mol. The average molecular weight is 341 g/mol. The number of fused-ring (bicyclic) bond motifs is 1. The highest BCUT2D eigenvalue weighted by atomic mass is 19.4. The van der Waals surface area contributed by atoms with Gasteiger partial charge in [0.25, 0.3) is 0 Å². The molecule has 7 heteroatoms. The lowest BCUT2D eigenvalue weighted by Gasteiger charge is -2.36. The Labute approximate surface area is 137 Å². The van der Waals surface area contributed by atoms with E-state index in [0.29, 0.717) is 18.4 Å². The zero-order chi connectivity index (χ0) is 17.5. The van der Waals surface area contributed by atoms with Crippen molar-refractivity contribution in [1.82, 2.24) is 4.90 Å². The minimum absolute atomic E-state index is 0.00600. The van der Waals surface area contributed by atoms with Gasteiger partial charge < -0.3 is 10.0 Å². The molecule has 1 unspecified atom stereocenters. The summed E-state index contributed by atoms with van der Waals surface area (Å²) in [5.41, 5.74) is 0.163. The molecule has 24 heavy (non-hydrogen) atoms. The zero-order valence-corrected chi connectivity index (χ0v) is 13.0. The Hall–Kier alpha value is -2.05. The molecule has 3 rings (SSSR count). The van der Waals surface area contributed by atoms with Crippen LogP contribution in [0.3, 0.4) is 0 Å². The fraction of sp³-hybridized carbons (Fsp3) is 0.529. The molecule has 0 bridgehead atoms. The van der Waals surface area contributed by atoms with Crippen LogP contribution in [0.5, 0.6) is 0 Å². The molecule has 1 amide bonds. The first-order valence-corrected chi connectivity index (χ1v) is 7.84. The maximum atomic E-state index is 13.4. The molecule has 1 N–H and O–H groups in total. The van der Waals surface area contributed by atoms with Crippen LogP contribution in [0.1, 0.15) is 42.7 Å². The van der Waals surface area contributed by atoms with Crippen molar-refractivity contribution in [3.05, 3.63) is 35.4 Å². The summed E-state index contributed by atoms with van der Waals surface area (Å²) in [4.78, 5) is 24.6. The Morgan fingerprint density at radius 1 is 1.21 bits per heavy atom. The molecule has 1 fully saturated rings. The van der Waals surface area contributed by atoms with Gasteiger partial charge in [-0.3, -0.25) is 9.59 Å². The number of carboxylic acids is 1. The average Bonchev–Trinajstić information content (AvgIpc) is 3.23. The molecule has 0 spiro atoms. The summed E-state index contributed by atoms with van der Waals surface area (Å²) >= 11 is 0. The highest BCUT2D eigenvalue weighted by Crippen LogP contribution is 2.52. The lowest BCUT2D eigenvalue weighted by Crippen LogP contribution is -2.43. The number of carbonyl (C=O) groups is 2. The summed E-state index contributed by atoms with van der Waals surface area (Å²) in [5, 5.41) is 8.92. The molecule has 0 saturated heterocycles. The fourth-order valence-electron chi connectivity index (χ4n) is 3.42. The van der Waals surface area contributed by atoms with E-state index in [2.05, 4.69) is 0 Å². The van der Waals surface area contributed by atoms with Gasteiger partial charge in [0.2, 0.25) is 5.91 Å². The predicted octanol–water partition coefficient (Wildman–Crippen LogP) is 3.32. The number of hydrogen-bond acceptors (Lipinski definition) is 2. The van der Waals surface area contributed by atoms with Crippen LogP contribution in [-0.4, -0.2) is 34.6 Å². The van der Waals surface area contributed by atoms with E-state index in [0.717, 1.165) is 0 Å². The predicted molar refractivity (Wildman–Crippen MR) is 79.2 cm³/mol. The maximum absolute atomic E-state index is 13.4. The number of amides is 1. The van der Waals surface area contributed by atoms with Crippen LogP contribution in [0.2, 0.25) is 0 Å². The number of hydrogen-bond donors (Lipinski definition) is 1. The van der Waals surface area contributed by atoms with E-state index < -0.39 is 35.9 Å². The van der Waals surface area contributed by atoms with Crippen LogP contribution in [0.4, 0.5) is 13.2 Å². The van der Waals surface area contributed by atoms with E-state index in [1.165, 1.54) is 11.0 Å². The molecule has 1 aliphatic heterocycles. The number of carbonyl (C=O) groups excluding carboxylic acids is 1. The van der Waals surface area contributed by atoms with Crippen LogP contribution in [0.25, 0.3) is 0 Å². The van der Waals surface area contributed by atoms with Crippen molar-refractivity contribution >= 4 is 11.9 Å². The van der Waals surface area contributed by atoms with Gasteiger partial charge in [0.05, 0.1) is 12.3 Å². The van der Waals surface area contributed by atoms with Crippen molar-refractivity contribution < 1.29 is 27.9 Å². The summed E-state index contributed by atoms with van der Waals surface area (Å²) in [6, 6.07) is 6.30. The topological polar surface area (TPSA) is 57.6 Å². The van der Waals surface area contributed by atoms with E-state index in [9.17, 15) is 22.8 Å². The third kappa shape index (κ3) is 3.39. The first kappa shape index (κ1) is 16.8. The number of benzene rings is 1. The molecule has 1 heterocycles. The Morgan fingerprint density at radius 3 is 2.46 bits per heavy atom. The molecule has 130 valence electrons. The number of nitrogens with zero attached hydrogens (tertiary/aromatic N) is 1. The molecule has 2 aliphatic rings. The highest BCUT2D eigenvalue weighted by molar-refractivity contribution is 5.79. The van der Waals surface area contributed by atoms with E-state index in [4.69, 9.17) is 5.11 Å². The molecule has 1 atom stereocenters. The summed E-state index contributed by atoms with van der Waals surface area (Å²) in [6.45, 7) is -0.257. The smallest absolute Gasteiger partial charge is 0.397 e. The van der Waals surface area contributed by atoms with Crippen LogP contribution in [0.15, 0.2) is 24.3 Å². The summed E-state index contributed by atoms with van der Waals surface area (Å²) < 4.78 is 40.1. The number of rotatable bonds is 4. The maximum Gasteiger partial charge on any atom is 0.397 e. The summed E-state index contributed by atoms with van der Waals surface area (Å²) in [6.07, 6.45) is -3.25. The number of alkyl halides is 3. The van der Waals surface area contributed by atoms with Gasteiger partial charge in [0.1, 0.15) is 0 Å². The van der Waals surface area contributed by atoms with Crippen molar-refractivity contribution in [2.75, 3.05) is 6.54 Å². The van der Waals surface area contributed by atoms with Crippen molar-refractivity contribution in [2.45, 2.75) is 44.3 Å². The molecule has 1 aromatic rings. The normalized spacial score (nSPS) is 22.0. The van der Waals surface area contributed by atoms with Crippen LogP contribution in [-0.2, 0) is 16.1 Å². The Bertz CT molecular complexity index is 667. The van der Waals surface area contributed by atoms with Gasteiger partial charge in [-0.2, -0.15) is 13.2 Å². The van der Waals surface area contributed by atoms with Gasteiger partial charge in [-0.05, 0) is 29.4 Å². The van der Waals surface area contributed by atoms with Crippen molar-refractivity contribution in [2.24, 2.45) is 5.41 Å². The quantitative estimate of drug-likeness (QED) is 0.914. The fourth-order valence-corrected chi connectivity index (χ4v) is 3.42. The second-order valence-electron chi connectivity index (χ2n) is 6.81. The third-order valence-electron chi connectivity index (χ3n) is 4.95. The van der Waals surface area contributed by atoms with Gasteiger partial charge in [0.15, 0.2) is 0 Å². The minimum Gasteiger partial charge on any atom is -0.481 e. The Balaban J connectivity index is 1.78. The summed E-state index contributed by atoms with van der Waals surface area (Å²) in [7, 11) is 0. The highest BCUT2D eigenvalue weighted by Gasteiger charge is 2.49. The van der Waals surface area contributed by atoms with Crippen LogP contribution >= 0.6 is 0 Å². The van der Waals surface area contributed by atoms with Crippen LogP contribution in [0, 0.1) is 5.41 Å². The van der Waals surface area contributed by atoms with Crippen molar-refractivity contribution in [3.63, 3.8) is 0 Å². The Morgan fingerprint density at radius 2 is 1.88 bits per heavy atom. The second-order valence-corrected chi connectivity index (χ2v) is 6.81. The van der Waals surface area contributed by atoms with E-state index >= 15 is 0 Å². The second kappa shape index (κ2) is 5.79. The van der Waals surface area contributed by atoms with Gasteiger partial charge in [0, 0.05) is 19.5 Å². The lowest BCUT2D eigenvalue weighted by molar-refractivity contribution is -0.161. The van der Waals surface area contributed by atoms with Gasteiger partial charge in [-0.15, -0.1) is 0 Å². The van der Waals surface area contributed by atoms with Crippen LogP contribution < -0.4 is 0 Å².